The van der Waals surface area contributed by atoms with E-state index in [0.717, 1.165) is 22.1 Å². The normalized spacial score (nSPS) is 11.1. The number of hydrogen-bond donors (Lipinski definition) is 0. The second-order valence-corrected chi connectivity index (χ2v) is 7.35. The molecule has 0 unspecified atom stereocenters. The monoisotopic (exact) mass is 389 g/mol. The molecule has 6 nitrogen and oxygen atoms in total. The minimum absolute atomic E-state index is 0.454. The van der Waals surface area contributed by atoms with E-state index < -0.39 is 0 Å². The van der Waals surface area contributed by atoms with Crippen LogP contribution in [-0.2, 0) is 12.8 Å². The molecule has 3 aromatic heterocycles. The molecule has 0 N–H and O–H groups in total. The molecule has 0 aliphatic heterocycles. The zero-order chi connectivity index (χ0) is 17.2. The Balaban J connectivity index is 1.48. The molecule has 0 atom stereocenters. The van der Waals surface area contributed by atoms with Gasteiger partial charge in [-0.1, -0.05) is 34.6 Å². The third-order valence-electron chi connectivity index (χ3n) is 3.48. The summed E-state index contributed by atoms with van der Waals surface area (Å²) in [6.07, 6.45) is 0. The van der Waals surface area contributed by atoms with Gasteiger partial charge >= 0.3 is 0 Å². The van der Waals surface area contributed by atoms with Gasteiger partial charge in [0.2, 0.25) is 0 Å². The van der Waals surface area contributed by atoms with E-state index in [1.165, 1.54) is 11.8 Å². The Morgan fingerprint density at radius 2 is 2.16 bits per heavy atom. The Bertz CT molecular complexity index is 996. The molecule has 0 aliphatic rings. The van der Waals surface area contributed by atoms with Crippen LogP contribution in [0.25, 0.3) is 22.8 Å². The van der Waals surface area contributed by atoms with Crippen molar-refractivity contribution in [3.05, 3.63) is 51.9 Å². The Morgan fingerprint density at radius 1 is 1.24 bits per heavy atom. The first-order valence-corrected chi connectivity index (χ1v) is 9.64. The smallest absolute Gasteiger partial charge is 0.258 e. The summed E-state index contributed by atoms with van der Waals surface area (Å²) in [5.41, 5.74) is 1.87. The fourth-order valence-corrected chi connectivity index (χ4v) is 3.84. The first-order valence-electron chi connectivity index (χ1n) is 7.34. The van der Waals surface area contributed by atoms with E-state index in [-0.39, 0.29) is 0 Å². The maximum atomic E-state index is 5.99. The van der Waals surface area contributed by atoms with Crippen LogP contribution < -0.4 is 0 Å². The quantitative estimate of drug-likeness (QED) is 0.467. The van der Waals surface area contributed by atoms with Crippen molar-refractivity contribution in [2.45, 2.75) is 10.9 Å². The zero-order valence-electron chi connectivity index (χ0n) is 13.1. The van der Waals surface area contributed by atoms with E-state index >= 15 is 0 Å². The largest absolute Gasteiger partial charge is 0.334 e. The molecule has 0 aliphatic carbocycles. The van der Waals surface area contributed by atoms with Crippen LogP contribution in [0.1, 0.15) is 5.82 Å². The van der Waals surface area contributed by atoms with Crippen LogP contribution in [-0.4, -0.2) is 24.9 Å². The summed E-state index contributed by atoms with van der Waals surface area (Å²) >= 11 is 9.14. The van der Waals surface area contributed by atoms with Crippen LogP contribution in [0, 0.1) is 0 Å². The molecule has 9 heteroatoms. The lowest BCUT2D eigenvalue weighted by Crippen LogP contribution is -1.94. The molecular weight excluding hydrogens is 378 g/mol. The van der Waals surface area contributed by atoms with Crippen LogP contribution in [0.2, 0.25) is 5.02 Å². The van der Waals surface area contributed by atoms with Crippen molar-refractivity contribution in [2.24, 2.45) is 7.05 Å². The summed E-state index contributed by atoms with van der Waals surface area (Å²) in [6, 6.07) is 9.35. The first-order chi connectivity index (χ1) is 12.2. The summed E-state index contributed by atoms with van der Waals surface area (Å²) in [6.45, 7) is 0. The molecule has 1 aromatic carbocycles. The topological polar surface area (TPSA) is 69.6 Å². The zero-order valence-corrected chi connectivity index (χ0v) is 15.5. The summed E-state index contributed by atoms with van der Waals surface area (Å²) in [5, 5.41) is 18.0. The number of hydrogen-bond acceptors (Lipinski definition) is 7. The van der Waals surface area contributed by atoms with E-state index in [1.807, 2.05) is 35.2 Å². The van der Waals surface area contributed by atoms with Crippen molar-refractivity contribution >= 4 is 34.7 Å². The van der Waals surface area contributed by atoms with E-state index in [4.69, 9.17) is 16.1 Å². The molecule has 0 fully saturated rings. The number of thiophene rings is 1. The van der Waals surface area contributed by atoms with Crippen molar-refractivity contribution in [3.8, 4) is 22.8 Å². The molecule has 0 amide bonds. The van der Waals surface area contributed by atoms with Gasteiger partial charge in [-0.15, -0.1) is 10.2 Å². The van der Waals surface area contributed by atoms with Crippen LogP contribution in [0.5, 0.6) is 0 Å². The Morgan fingerprint density at radius 3 is 2.96 bits per heavy atom. The summed E-state index contributed by atoms with van der Waals surface area (Å²) in [7, 11) is 1.95. The van der Waals surface area contributed by atoms with E-state index in [1.54, 1.807) is 23.5 Å². The van der Waals surface area contributed by atoms with Gasteiger partial charge in [0.1, 0.15) is 0 Å². The van der Waals surface area contributed by atoms with Crippen LogP contribution in [0.3, 0.4) is 0 Å². The third-order valence-corrected chi connectivity index (χ3v) is 5.42. The molecule has 0 saturated carbocycles. The fraction of sp³-hybridized carbons (Fsp3) is 0.125. The van der Waals surface area contributed by atoms with Crippen LogP contribution >= 0.6 is 34.7 Å². The molecule has 4 rings (SSSR count). The van der Waals surface area contributed by atoms with Gasteiger partial charge in [-0.2, -0.15) is 16.3 Å². The standard InChI is InChI=1S/C16H12ClN5OS2/c1-22-14(11-5-6-24-8-11)19-20-16(22)25-9-13-18-15(23-21-13)10-3-2-4-12(17)7-10/h2-8H,9H2,1H3. The summed E-state index contributed by atoms with van der Waals surface area (Å²) in [4.78, 5) is 4.41. The fourth-order valence-electron chi connectivity index (χ4n) is 2.26. The molecule has 0 radical (unpaired) electrons. The molecule has 25 heavy (non-hydrogen) atoms. The van der Waals surface area contributed by atoms with Crippen molar-refractivity contribution < 1.29 is 4.52 Å². The summed E-state index contributed by atoms with van der Waals surface area (Å²) in [5.74, 6) is 2.44. The van der Waals surface area contributed by atoms with Gasteiger partial charge in [0, 0.05) is 28.6 Å². The average molecular weight is 390 g/mol. The number of halogens is 1. The molecule has 3 heterocycles. The molecule has 0 saturated heterocycles. The highest BCUT2D eigenvalue weighted by Gasteiger charge is 2.14. The van der Waals surface area contributed by atoms with Gasteiger partial charge in [-0.3, -0.25) is 0 Å². The van der Waals surface area contributed by atoms with Gasteiger partial charge in [0.25, 0.3) is 5.89 Å². The third kappa shape index (κ3) is 3.46. The van der Waals surface area contributed by atoms with Gasteiger partial charge in [-0.05, 0) is 29.6 Å². The van der Waals surface area contributed by atoms with E-state index in [0.29, 0.717) is 22.5 Å². The number of benzene rings is 1. The summed E-state index contributed by atoms with van der Waals surface area (Å²) < 4.78 is 7.28. The minimum atomic E-state index is 0.454. The Labute approximate surface area is 156 Å². The Kier molecular flexibility index (Phi) is 4.56. The number of nitrogens with zero attached hydrogens (tertiary/aromatic N) is 5. The molecule has 4 aromatic rings. The molecule has 126 valence electrons. The lowest BCUT2D eigenvalue weighted by atomic mass is 10.2. The van der Waals surface area contributed by atoms with E-state index in [2.05, 4.69) is 25.7 Å². The maximum Gasteiger partial charge on any atom is 0.258 e. The predicted octanol–water partition coefficient (Wildman–Crippen LogP) is 4.54. The highest BCUT2D eigenvalue weighted by molar-refractivity contribution is 7.98. The highest BCUT2D eigenvalue weighted by Crippen LogP contribution is 2.27. The molecule has 0 bridgehead atoms. The molecule has 0 spiro atoms. The highest BCUT2D eigenvalue weighted by atomic mass is 35.5. The Hall–Kier alpha value is -2.16. The van der Waals surface area contributed by atoms with Crippen molar-refractivity contribution in [1.29, 1.82) is 0 Å². The first kappa shape index (κ1) is 16.3. The van der Waals surface area contributed by atoms with E-state index in [9.17, 15) is 0 Å². The van der Waals surface area contributed by atoms with Crippen molar-refractivity contribution in [3.63, 3.8) is 0 Å². The number of rotatable bonds is 5. The second kappa shape index (κ2) is 6.99. The lowest BCUT2D eigenvalue weighted by molar-refractivity contribution is 0.425. The second-order valence-electron chi connectivity index (χ2n) is 5.19. The number of aromatic nitrogens is 5. The maximum absolute atomic E-state index is 5.99. The number of thioether (sulfide) groups is 1. The minimum Gasteiger partial charge on any atom is -0.334 e. The van der Waals surface area contributed by atoms with Gasteiger partial charge in [0.15, 0.2) is 16.8 Å². The predicted molar refractivity (Wildman–Crippen MR) is 98.6 cm³/mol. The van der Waals surface area contributed by atoms with Crippen molar-refractivity contribution in [2.75, 3.05) is 0 Å². The van der Waals surface area contributed by atoms with Crippen LogP contribution in [0.4, 0.5) is 0 Å². The lowest BCUT2D eigenvalue weighted by Gasteiger charge is -2.00. The van der Waals surface area contributed by atoms with Gasteiger partial charge < -0.3 is 9.09 Å². The van der Waals surface area contributed by atoms with Crippen molar-refractivity contribution in [1.82, 2.24) is 24.9 Å². The SMILES string of the molecule is Cn1c(SCc2noc(-c3cccc(Cl)c3)n2)nnc1-c1ccsc1. The average Bonchev–Trinajstić information content (AvgIpc) is 3.34. The van der Waals surface area contributed by atoms with Crippen LogP contribution in [0.15, 0.2) is 50.8 Å². The molecular formula is C16H12ClN5OS2. The van der Waals surface area contributed by atoms with Gasteiger partial charge in [-0.25, -0.2) is 0 Å². The van der Waals surface area contributed by atoms with Gasteiger partial charge in [0.05, 0.1) is 5.75 Å².